The third-order valence-corrected chi connectivity index (χ3v) is 4.62. The number of hydrogen-bond acceptors (Lipinski definition) is 3. The van der Waals surface area contributed by atoms with Crippen LogP contribution in [0.4, 0.5) is 8.78 Å². The number of hydrogen-bond donors (Lipinski definition) is 1. The maximum absolute atomic E-state index is 13.4. The zero-order valence-corrected chi connectivity index (χ0v) is 13.0. The molecule has 0 aliphatic carbocycles. The number of benzene rings is 1. The lowest BCUT2D eigenvalue weighted by Crippen LogP contribution is -2.52. The summed E-state index contributed by atoms with van der Waals surface area (Å²) >= 11 is 0. The van der Waals surface area contributed by atoms with Gasteiger partial charge < -0.3 is 5.73 Å². The quantitative estimate of drug-likeness (QED) is 0.948. The van der Waals surface area contributed by atoms with E-state index >= 15 is 0 Å². The van der Waals surface area contributed by atoms with Crippen LogP contribution in [-0.2, 0) is 6.54 Å². The molecule has 1 unspecified atom stereocenters. The predicted molar refractivity (Wildman–Crippen MR) is 82.6 cm³/mol. The van der Waals surface area contributed by atoms with Crippen LogP contribution in [0.2, 0.25) is 0 Å². The highest BCUT2D eigenvalue weighted by Crippen LogP contribution is 2.30. The first-order valence-electron chi connectivity index (χ1n) is 7.60. The molecule has 1 aliphatic rings. The van der Waals surface area contributed by atoms with Crippen LogP contribution in [0.5, 0.6) is 0 Å². The maximum Gasteiger partial charge on any atom is 0.320 e. The largest absolute Gasteiger partial charge is 0.327 e. The average molecular weight is 308 g/mol. The minimum atomic E-state index is -2.58. The van der Waals surface area contributed by atoms with Gasteiger partial charge in [0.15, 0.2) is 0 Å². The molecular formula is C16H22F2N4. The molecule has 6 heteroatoms. The second kappa shape index (κ2) is 5.59. The van der Waals surface area contributed by atoms with Crippen LogP contribution in [-0.4, -0.2) is 33.6 Å². The number of nitrogens with two attached hydrogens (primary N) is 1. The standard InChI is InChI=1S/C16H22F2N4/c1-16(2)10-21(8-7-13(16)19)9-14-20-11-5-3-4-6-12(11)22(14)15(17)18/h3-6,13,15H,7-10,19H2,1-2H3. The van der Waals surface area contributed by atoms with E-state index in [9.17, 15) is 8.78 Å². The van der Waals surface area contributed by atoms with E-state index in [0.717, 1.165) is 24.1 Å². The van der Waals surface area contributed by atoms with Crippen molar-refractivity contribution in [1.82, 2.24) is 14.5 Å². The fourth-order valence-electron chi connectivity index (χ4n) is 3.24. The monoisotopic (exact) mass is 308 g/mol. The summed E-state index contributed by atoms with van der Waals surface area (Å²) < 4.78 is 27.9. The molecule has 1 aromatic carbocycles. The second-order valence-electron chi connectivity index (χ2n) is 6.76. The summed E-state index contributed by atoms with van der Waals surface area (Å²) in [5.41, 5.74) is 7.23. The Hall–Kier alpha value is -1.53. The second-order valence-corrected chi connectivity index (χ2v) is 6.76. The fraction of sp³-hybridized carbons (Fsp3) is 0.562. The highest BCUT2D eigenvalue weighted by Gasteiger charge is 2.34. The van der Waals surface area contributed by atoms with Crippen molar-refractivity contribution in [2.24, 2.45) is 11.1 Å². The van der Waals surface area contributed by atoms with Crippen molar-refractivity contribution < 1.29 is 8.78 Å². The van der Waals surface area contributed by atoms with E-state index in [-0.39, 0.29) is 11.5 Å². The van der Waals surface area contributed by atoms with E-state index < -0.39 is 6.55 Å². The zero-order chi connectivity index (χ0) is 15.9. The van der Waals surface area contributed by atoms with Crippen LogP contribution < -0.4 is 5.73 Å². The minimum Gasteiger partial charge on any atom is -0.327 e. The number of fused-ring (bicyclic) bond motifs is 1. The third kappa shape index (κ3) is 2.73. The first-order chi connectivity index (χ1) is 10.4. The fourth-order valence-corrected chi connectivity index (χ4v) is 3.24. The highest BCUT2D eigenvalue weighted by molar-refractivity contribution is 5.75. The lowest BCUT2D eigenvalue weighted by molar-refractivity contribution is 0.0583. The van der Waals surface area contributed by atoms with Crippen LogP contribution in [0.25, 0.3) is 11.0 Å². The molecule has 1 atom stereocenters. The molecule has 1 aromatic heterocycles. The van der Waals surface area contributed by atoms with Gasteiger partial charge in [0.1, 0.15) is 5.82 Å². The first-order valence-corrected chi connectivity index (χ1v) is 7.60. The molecule has 22 heavy (non-hydrogen) atoms. The molecule has 0 bridgehead atoms. The van der Waals surface area contributed by atoms with Crippen molar-refractivity contribution in [3.05, 3.63) is 30.1 Å². The van der Waals surface area contributed by atoms with Gasteiger partial charge in [-0.3, -0.25) is 9.47 Å². The Kier molecular flexibility index (Phi) is 3.91. The molecule has 3 rings (SSSR count). The average Bonchev–Trinajstić information content (AvgIpc) is 2.80. The zero-order valence-electron chi connectivity index (χ0n) is 13.0. The third-order valence-electron chi connectivity index (χ3n) is 4.62. The van der Waals surface area contributed by atoms with Crippen molar-refractivity contribution in [3.63, 3.8) is 0 Å². The number of rotatable bonds is 3. The Labute approximate surface area is 128 Å². The number of imidazole rings is 1. The van der Waals surface area contributed by atoms with Gasteiger partial charge in [-0.1, -0.05) is 26.0 Å². The first kappa shape index (κ1) is 15.4. The Morgan fingerprint density at radius 2 is 2.09 bits per heavy atom. The summed E-state index contributed by atoms with van der Waals surface area (Å²) in [5.74, 6) is 0.419. The molecule has 4 nitrogen and oxygen atoms in total. The molecule has 0 amide bonds. The number of likely N-dealkylation sites (tertiary alicyclic amines) is 1. The lowest BCUT2D eigenvalue weighted by atomic mass is 9.80. The smallest absolute Gasteiger partial charge is 0.320 e. The van der Waals surface area contributed by atoms with E-state index in [1.165, 1.54) is 0 Å². The molecule has 2 N–H and O–H groups in total. The van der Waals surface area contributed by atoms with Crippen LogP contribution in [0.1, 0.15) is 32.6 Å². The maximum atomic E-state index is 13.4. The van der Waals surface area contributed by atoms with E-state index in [4.69, 9.17) is 5.73 Å². The SMILES string of the molecule is CC1(C)CN(Cc2nc3ccccc3n2C(F)F)CCC1N. The summed E-state index contributed by atoms with van der Waals surface area (Å²) in [6, 6.07) is 7.19. The van der Waals surface area contributed by atoms with Gasteiger partial charge >= 0.3 is 6.55 Å². The van der Waals surface area contributed by atoms with Crippen LogP contribution in [0.3, 0.4) is 0 Å². The number of alkyl halides is 2. The van der Waals surface area contributed by atoms with Crippen LogP contribution in [0.15, 0.2) is 24.3 Å². The van der Waals surface area contributed by atoms with Gasteiger partial charge in [0, 0.05) is 19.1 Å². The Morgan fingerprint density at radius 1 is 1.36 bits per heavy atom. The van der Waals surface area contributed by atoms with Gasteiger partial charge in [-0.25, -0.2) is 4.98 Å². The van der Waals surface area contributed by atoms with Crippen LogP contribution >= 0.6 is 0 Å². The molecule has 0 spiro atoms. The molecule has 1 saturated heterocycles. The van der Waals surface area contributed by atoms with Crippen molar-refractivity contribution in [2.45, 2.75) is 39.4 Å². The van der Waals surface area contributed by atoms with Crippen molar-refractivity contribution in [2.75, 3.05) is 13.1 Å². The summed E-state index contributed by atoms with van der Waals surface area (Å²) in [7, 11) is 0. The van der Waals surface area contributed by atoms with Crippen molar-refractivity contribution in [1.29, 1.82) is 0 Å². The summed E-state index contributed by atoms with van der Waals surface area (Å²) in [5, 5.41) is 0. The lowest BCUT2D eigenvalue weighted by Gasteiger charge is -2.42. The Morgan fingerprint density at radius 3 is 2.77 bits per heavy atom. The van der Waals surface area contributed by atoms with E-state index in [2.05, 4.69) is 23.7 Å². The number of aromatic nitrogens is 2. The Balaban J connectivity index is 1.89. The molecule has 2 aromatic rings. The molecule has 2 heterocycles. The predicted octanol–water partition coefficient (Wildman–Crippen LogP) is 2.99. The molecule has 0 radical (unpaired) electrons. The number of piperidine rings is 1. The van der Waals surface area contributed by atoms with Gasteiger partial charge in [-0.2, -0.15) is 8.78 Å². The highest BCUT2D eigenvalue weighted by atomic mass is 19.3. The molecule has 0 saturated carbocycles. The molecule has 1 aliphatic heterocycles. The normalized spacial score (nSPS) is 22.5. The van der Waals surface area contributed by atoms with Gasteiger partial charge in [0.2, 0.25) is 0 Å². The van der Waals surface area contributed by atoms with Crippen LogP contribution in [0, 0.1) is 5.41 Å². The van der Waals surface area contributed by atoms with Crippen molar-refractivity contribution in [3.8, 4) is 0 Å². The van der Waals surface area contributed by atoms with Gasteiger partial charge in [-0.15, -0.1) is 0 Å². The van der Waals surface area contributed by atoms with Gasteiger partial charge in [0.05, 0.1) is 17.6 Å². The molecular weight excluding hydrogens is 286 g/mol. The number of halogens is 2. The summed E-state index contributed by atoms with van der Waals surface area (Å²) in [6.07, 6.45) is 0.877. The summed E-state index contributed by atoms with van der Waals surface area (Å²) in [4.78, 5) is 6.57. The summed E-state index contributed by atoms with van der Waals surface area (Å²) in [6.45, 7) is 3.70. The van der Waals surface area contributed by atoms with E-state index in [0.29, 0.717) is 23.4 Å². The topological polar surface area (TPSA) is 47.1 Å². The minimum absolute atomic E-state index is 0.0140. The number of para-hydroxylation sites is 2. The molecule has 1 fully saturated rings. The number of nitrogens with zero attached hydrogens (tertiary/aromatic N) is 3. The van der Waals surface area contributed by atoms with E-state index in [1.54, 1.807) is 18.2 Å². The van der Waals surface area contributed by atoms with Gasteiger partial charge in [-0.05, 0) is 24.0 Å². The van der Waals surface area contributed by atoms with E-state index in [1.807, 2.05) is 6.07 Å². The Bertz CT molecular complexity index is 665. The molecule has 120 valence electrons. The van der Waals surface area contributed by atoms with Gasteiger partial charge in [0.25, 0.3) is 0 Å². The van der Waals surface area contributed by atoms with Crippen molar-refractivity contribution >= 4 is 11.0 Å².